The number of nitrogens with one attached hydrogen (secondary N) is 1. The molecule has 0 aliphatic carbocycles. The quantitative estimate of drug-likeness (QED) is 0.644. The Balaban J connectivity index is 2.33. The van der Waals surface area contributed by atoms with Gasteiger partial charge in [0.25, 0.3) is 0 Å². The van der Waals surface area contributed by atoms with Crippen LogP contribution < -0.4 is 10.5 Å². The van der Waals surface area contributed by atoms with E-state index in [9.17, 15) is 26.4 Å². The van der Waals surface area contributed by atoms with Crippen molar-refractivity contribution in [2.75, 3.05) is 13.1 Å². The van der Waals surface area contributed by atoms with E-state index in [2.05, 4.69) is 5.32 Å². The molecule has 0 aromatic carbocycles. The molecule has 2 heterocycles. The third-order valence-electron chi connectivity index (χ3n) is 4.51. The number of carbonyl (C=O) groups is 2. The molecule has 0 saturated carbocycles. The van der Waals surface area contributed by atoms with Gasteiger partial charge in [-0.15, -0.1) is 11.3 Å². The van der Waals surface area contributed by atoms with Crippen molar-refractivity contribution in [1.29, 1.82) is 0 Å². The minimum Gasteiger partial charge on any atom is -0.444 e. The van der Waals surface area contributed by atoms with Crippen molar-refractivity contribution in [3.05, 3.63) is 11.6 Å². The van der Waals surface area contributed by atoms with Gasteiger partial charge in [0, 0.05) is 12.1 Å². The maximum Gasteiger partial charge on any atom is 0.408 e. The molecular formula is C17H27N3O7S3. The normalized spacial score (nSPS) is 20.9. The summed E-state index contributed by atoms with van der Waals surface area (Å²) in [7, 11) is -7.84. The number of primary sulfonamides is 1. The highest BCUT2D eigenvalue weighted by Gasteiger charge is 2.42. The Morgan fingerprint density at radius 2 is 1.97 bits per heavy atom. The van der Waals surface area contributed by atoms with Crippen LogP contribution >= 0.6 is 11.3 Å². The van der Waals surface area contributed by atoms with Gasteiger partial charge in [0.2, 0.25) is 15.9 Å². The van der Waals surface area contributed by atoms with E-state index in [4.69, 9.17) is 9.88 Å². The van der Waals surface area contributed by atoms with E-state index in [1.165, 1.54) is 17.9 Å². The van der Waals surface area contributed by atoms with Crippen molar-refractivity contribution < 1.29 is 31.2 Å². The van der Waals surface area contributed by atoms with Gasteiger partial charge >= 0.3 is 6.09 Å². The first-order valence-electron chi connectivity index (χ1n) is 9.24. The molecule has 1 aromatic rings. The summed E-state index contributed by atoms with van der Waals surface area (Å²) in [6.07, 6.45) is -0.651. The number of carbonyl (C=O) groups excluding carboxylic acids is 2. The minimum absolute atomic E-state index is 0.0957. The van der Waals surface area contributed by atoms with Gasteiger partial charge in [-0.1, -0.05) is 0 Å². The van der Waals surface area contributed by atoms with E-state index in [0.717, 1.165) is 0 Å². The Hall–Kier alpha value is -1.70. The molecule has 1 aliphatic heterocycles. The summed E-state index contributed by atoms with van der Waals surface area (Å²) in [5.74, 6) is -0.450. The Morgan fingerprint density at radius 3 is 2.47 bits per heavy atom. The van der Waals surface area contributed by atoms with Crippen molar-refractivity contribution in [3.8, 4) is 0 Å². The largest absolute Gasteiger partial charge is 0.444 e. The molecule has 2 atom stereocenters. The van der Waals surface area contributed by atoms with E-state index >= 15 is 0 Å². The topological polar surface area (TPSA) is 153 Å². The average molecular weight is 482 g/mol. The van der Waals surface area contributed by atoms with Crippen LogP contribution in [0.25, 0.3) is 0 Å². The van der Waals surface area contributed by atoms with Gasteiger partial charge in [-0.05, 0) is 47.1 Å². The highest BCUT2D eigenvalue weighted by atomic mass is 32.3. The van der Waals surface area contributed by atoms with Gasteiger partial charge < -0.3 is 15.0 Å². The van der Waals surface area contributed by atoms with Crippen LogP contribution in [0, 0.1) is 0 Å². The van der Waals surface area contributed by atoms with Crippen molar-refractivity contribution in [2.45, 2.75) is 66.4 Å². The summed E-state index contributed by atoms with van der Waals surface area (Å²) in [6, 6.07) is 0.559. The first-order chi connectivity index (χ1) is 13.6. The molecule has 3 N–H and O–H groups in total. The number of rotatable bonds is 5. The molecule has 0 spiro atoms. The number of hydrogen-bond donors (Lipinski definition) is 2. The monoisotopic (exact) mass is 481 g/mol. The first kappa shape index (κ1) is 24.6. The van der Waals surface area contributed by atoms with Crippen LogP contribution in [0.2, 0.25) is 0 Å². The molecule has 0 radical (unpaired) electrons. The van der Waals surface area contributed by atoms with Crippen LogP contribution in [0.5, 0.6) is 0 Å². The Morgan fingerprint density at radius 1 is 1.37 bits per heavy atom. The molecule has 0 saturated heterocycles. The molecule has 2 amide bonds. The number of sulfonamides is 1. The smallest absolute Gasteiger partial charge is 0.408 e. The van der Waals surface area contributed by atoms with Crippen LogP contribution in [0.1, 0.15) is 52.6 Å². The van der Waals surface area contributed by atoms with E-state index in [1.807, 2.05) is 0 Å². The molecule has 0 fully saturated rings. The zero-order chi connectivity index (χ0) is 23.1. The number of ether oxygens (including phenoxy) is 1. The number of nitrogens with two attached hydrogens (primary N) is 1. The van der Waals surface area contributed by atoms with Gasteiger partial charge in [0.1, 0.15) is 20.6 Å². The van der Waals surface area contributed by atoms with Crippen molar-refractivity contribution in [2.24, 2.45) is 5.14 Å². The lowest BCUT2D eigenvalue weighted by Gasteiger charge is -2.36. The fraction of sp³-hybridized carbons (Fsp3) is 0.647. The number of hydrogen-bond acceptors (Lipinski definition) is 8. The van der Waals surface area contributed by atoms with Crippen LogP contribution in [0.15, 0.2) is 14.5 Å². The van der Waals surface area contributed by atoms with Crippen LogP contribution in [-0.2, 0) is 29.4 Å². The third kappa shape index (κ3) is 5.31. The molecule has 170 valence electrons. The van der Waals surface area contributed by atoms with Crippen LogP contribution in [0.3, 0.4) is 0 Å². The number of fused-ring (bicyclic) bond motifs is 1. The summed E-state index contributed by atoms with van der Waals surface area (Å²) in [5.41, 5.74) is -0.491. The SMILES string of the molecule is CCN(C(=O)CNC(=O)OC(C)(C)C)C1CC(C)S(=O)(=O)c2sc(S(N)(=O)=O)cc21. The summed E-state index contributed by atoms with van der Waals surface area (Å²) in [5, 5.41) is 6.76. The molecule has 13 heteroatoms. The lowest BCUT2D eigenvalue weighted by Crippen LogP contribution is -2.45. The Labute approximate surface area is 180 Å². The molecule has 2 unspecified atom stereocenters. The first-order valence-corrected chi connectivity index (χ1v) is 13.2. The van der Waals surface area contributed by atoms with Crippen molar-refractivity contribution in [3.63, 3.8) is 0 Å². The number of nitrogens with zero attached hydrogens (tertiary/aromatic N) is 1. The number of amides is 2. The predicted octanol–water partition coefficient (Wildman–Crippen LogP) is 1.38. The molecule has 30 heavy (non-hydrogen) atoms. The minimum atomic E-state index is -4.10. The molecule has 1 aliphatic rings. The molecule has 10 nitrogen and oxygen atoms in total. The molecule has 1 aromatic heterocycles. The maximum absolute atomic E-state index is 12.8. The second-order valence-corrected chi connectivity index (χ2v) is 13.4. The summed E-state index contributed by atoms with van der Waals surface area (Å²) < 4.78 is 53.7. The van der Waals surface area contributed by atoms with Crippen molar-refractivity contribution >= 4 is 43.2 Å². The van der Waals surface area contributed by atoms with Crippen LogP contribution in [0.4, 0.5) is 4.79 Å². The number of likely N-dealkylation sites (N-methyl/N-ethyl adjacent to an activating group) is 1. The molecule has 2 rings (SSSR count). The Kier molecular flexibility index (Phi) is 6.91. The maximum atomic E-state index is 12.8. The second kappa shape index (κ2) is 8.44. The fourth-order valence-corrected chi connectivity index (χ4v) is 7.54. The highest BCUT2D eigenvalue weighted by molar-refractivity contribution is 7.95. The van der Waals surface area contributed by atoms with Gasteiger partial charge in [0.05, 0.1) is 11.3 Å². The zero-order valence-electron chi connectivity index (χ0n) is 17.5. The Bertz CT molecular complexity index is 1040. The highest BCUT2D eigenvalue weighted by Crippen LogP contribution is 2.44. The van der Waals surface area contributed by atoms with E-state index < -0.39 is 48.8 Å². The van der Waals surface area contributed by atoms with Crippen molar-refractivity contribution in [1.82, 2.24) is 10.2 Å². The molecule has 0 bridgehead atoms. The predicted molar refractivity (Wildman–Crippen MR) is 111 cm³/mol. The van der Waals surface area contributed by atoms with Gasteiger partial charge in [-0.25, -0.2) is 26.8 Å². The summed E-state index contributed by atoms with van der Waals surface area (Å²) >= 11 is 0.592. The summed E-state index contributed by atoms with van der Waals surface area (Å²) in [6.45, 7) is 8.19. The van der Waals surface area contributed by atoms with Gasteiger partial charge in [-0.3, -0.25) is 4.79 Å². The number of thiophene rings is 1. The second-order valence-electron chi connectivity index (χ2n) is 8.00. The van der Waals surface area contributed by atoms with E-state index in [0.29, 0.717) is 11.3 Å². The number of alkyl carbamates (subject to hydrolysis) is 1. The lowest BCUT2D eigenvalue weighted by atomic mass is 10.0. The summed E-state index contributed by atoms with van der Waals surface area (Å²) in [4.78, 5) is 26.0. The number of sulfone groups is 1. The lowest BCUT2D eigenvalue weighted by molar-refractivity contribution is -0.132. The van der Waals surface area contributed by atoms with Gasteiger partial charge in [-0.2, -0.15) is 0 Å². The standard InChI is InChI=1S/C17H27N3O7S3/c1-6-20(13(21)9-19-16(22)27-17(3,4)5)12-7-10(2)29(23,24)15-11(12)8-14(28-15)30(18,25)26/h8,10,12H,6-7,9H2,1-5H3,(H,19,22)(H2,18,25,26). The van der Waals surface area contributed by atoms with E-state index in [-0.39, 0.29) is 33.5 Å². The van der Waals surface area contributed by atoms with Crippen LogP contribution in [-0.4, -0.2) is 57.7 Å². The van der Waals surface area contributed by atoms with Gasteiger partial charge in [0.15, 0.2) is 9.84 Å². The third-order valence-corrected chi connectivity index (χ3v) is 9.82. The van der Waals surface area contributed by atoms with E-state index in [1.54, 1.807) is 27.7 Å². The fourth-order valence-electron chi connectivity index (χ4n) is 3.14. The zero-order valence-corrected chi connectivity index (χ0v) is 19.9. The average Bonchev–Trinajstić information content (AvgIpc) is 3.03. The molecular weight excluding hydrogens is 454 g/mol.